The van der Waals surface area contributed by atoms with Crippen molar-refractivity contribution in [3.05, 3.63) is 114 Å². The molecule has 0 aromatic heterocycles. The summed E-state index contributed by atoms with van der Waals surface area (Å²) >= 11 is 1.52. The van der Waals surface area contributed by atoms with Gasteiger partial charge in [0, 0.05) is 34.1 Å². The van der Waals surface area contributed by atoms with Crippen LogP contribution in [0.1, 0.15) is 37.3 Å². The fourth-order valence-electron chi connectivity index (χ4n) is 4.16. The predicted octanol–water partition coefficient (Wildman–Crippen LogP) is 9.23. The number of aryl methyl sites for hydroxylation is 1. The SMILES string of the molecule is CCCC(=O)Oc1ccc(Sc2ccc(N(CCCc3ccccc3)C(=O)Nc3ccc(C(F)(F)F)cc3)cc2)cc1. The maximum Gasteiger partial charge on any atom is 0.416 e. The van der Waals surface area contributed by atoms with E-state index in [0.29, 0.717) is 30.8 Å². The summed E-state index contributed by atoms with van der Waals surface area (Å²) < 4.78 is 44.2. The highest BCUT2D eigenvalue weighted by Gasteiger charge is 2.30. The second kappa shape index (κ2) is 14.6. The first-order valence-electron chi connectivity index (χ1n) is 13.6. The predicted molar refractivity (Wildman–Crippen MR) is 160 cm³/mol. The Balaban J connectivity index is 1.44. The summed E-state index contributed by atoms with van der Waals surface area (Å²) in [4.78, 5) is 28.5. The van der Waals surface area contributed by atoms with Gasteiger partial charge in [0.15, 0.2) is 0 Å². The molecule has 0 aliphatic rings. The molecule has 0 heterocycles. The van der Waals surface area contributed by atoms with E-state index in [1.54, 1.807) is 17.0 Å². The number of amides is 2. The zero-order chi connectivity index (χ0) is 30.0. The number of carbonyl (C=O) groups excluding carboxylic acids is 2. The molecule has 9 heteroatoms. The van der Waals surface area contributed by atoms with E-state index in [0.717, 1.165) is 40.3 Å². The highest BCUT2D eigenvalue weighted by molar-refractivity contribution is 7.99. The quantitative estimate of drug-likeness (QED) is 0.139. The van der Waals surface area contributed by atoms with E-state index in [2.05, 4.69) is 5.32 Å². The molecule has 0 bridgehead atoms. The molecule has 0 saturated heterocycles. The zero-order valence-electron chi connectivity index (χ0n) is 23.1. The number of hydrogen-bond acceptors (Lipinski definition) is 4. The molecule has 0 aliphatic heterocycles. The summed E-state index contributed by atoms with van der Waals surface area (Å²) in [5.74, 6) is 0.238. The van der Waals surface area contributed by atoms with E-state index in [4.69, 9.17) is 4.74 Å². The Kier molecular flexibility index (Phi) is 10.7. The van der Waals surface area contributed by atoms with Crippen molar-refractivity contribution >= 4 is 35.1 Å². The lowest BCUT2D eigenvalue weighted by Crippen LogP contribution is -2.36. The molecule has 4 aromatic rings. The van der Waals surface area contributed by atoms with Crippen LogP contribution in [0.25, 0.3) is 0 Å². The number of hydrogen-bond donors (Lipinski definition) is 1. The second-order valence-electron chi connectivity index (χ2n) is 9.54. The van der Waals surface area contributed by atoms with Crippen molar-refractivity contribution in [3.8, 4) is 5.75 Å². The topological polar surface area (TPSA) is 58.6 Å². The maximum absolute atomic E-state index is 13.3. The van der Waals surface area contributed by atoms with Crippen molar-refractivity contribution in [1.29, 1.82) is 0 Å². The molecular formula is C33H31F3N2O3S. The van der Waals surface area contributed by atoms with Gasteiger partial charge in [0.05, 0.1) is 5.56 Å². The van der Waals surface area contributed by atoms with Gasteiger partial charge in [-0.3, -0.25) is 9.69 Å². The molecular weight excluding hydrogens is 561 g/mol. The normalized spacial score (nSPS) is 11.1. The summed E-state index contributed by atoms with van der Waals surface area (Å²) in [7, 11) is 0. The largest absolute Gasteiger partial charge is 0.427 e. The highest BCUT2D eigenvalue weighted by Crippen LogP contribution is 2.32. The number of alkyl halides is 3. The van der Waals surface area contributed by atoms with Crippen LogP contribution in [0.3, 0.4) is 0 Å². The summed E-state index contributed by atoms with van der Waals surface area (Å²) in [6.07, 6.45) is -1.90. The van der Waals surface area contributed by atoms with Crippen LogP contribution in [0.4, 0.5) is 29.3 Å². The van der Waals surface area contributed by atoms with E-state index >= 15 is 0 Å². The number of benzene rings is 4. The van der Waals surface area contributed by atoms with E-state index in [1.807, 2.05) is 73.7 Å². The third kappa shape index (κ3) is 9.14. The molecule has 2 amide bonds. The molecule has 0 spiro atoms. The number of halogens is 3. The van der Waals surface area contributed by atoms with E-state index < -0.39 is 17.8 Å². The van der Waals surface area contributed by atoms with Gasteiger partial charge in [0.2, 0.25) is 0 Å². The van der Waals surface area contributed by atoms with Crippen LogP contribution in [0.2, 0.25) is 0 Å². The van der Waals surface area contributed by atoms with Gasteiger partial charge >= 0.3 is 18.2 Å². The summed E-state index contributed by atoms with van der Waals surface area (Å²) in [6.45, 7) is 2.33. The Labute approximate surface area is 247 Å². The first-order valence-corrected chi connectivity index (χ1v) is 14.4. The Morgan fingerprint density at radius 1 is 0.833 bits per heavy atom. The number of ether oxygens (including phenoxy) is 1. The molecule has 42 heavy (non-hydrogen) atoms. The number of rotatable bonds is 11. The average molecular weight is 593 g/mol. The third-order valence-electron chi connectivity index (χ3n) is 6.29. The van der Waals surface area contributed by atoms with Gasteiger partial charge in [0.1, 0.15) is 5.75 Å². The highest BCUT2D eigenvalue weighted by atomic mass is 32.2. The molecule has 0 atom stereocenters. The van der Waals surface area contributed by atoms with Crippen LogP contribution in [0, 0.1) is 0 Å². The van der Waals surface area contributed by atoms with Gasteiger partial charge in [-0.2, -0.15) is 13.2 Å². The van der Waals surface area contributed by atoms with Crippen molar-refractivity contribution in [2.75, 3.05) is 16.8 Å². The van der Waals surface area contributed by atoms with Crippen LogP contribution in [-0.4, -0.2) is 18.5 Å². The lowest BCUT2D eigenvalue weighted by atomic mass is 10.1. The number of urea groups is 1. The molecule has 1 N–H and O–H groups in total. The molecule has 5 nitrogen and oxygen atoms in total. The fourth-order valence-corrected chi connectivity index (χ4v) is 4.98. The Hall–Kier alpha value is -4.24. The molecule has 0 unspecified atom stereocenters. The smallest absolute Gasteiger partial charge is 0.416 e. The monoisotopic (exact) mass is 592 g/mol. The van der Waals surface area contributed by atoms with Crippen LogP contribution < -0.4 is 15.0 Å². The minimum atomic E-state index is -4.45. The fraction of sp³-hybridized carbons (Fsp3) is 0.212. The summed E-state index contributed by atoms with van der Waals surface area (Å²) in [5.41, 5.74) is 1.31. The first-order chi connectivity index (χ1) is 20.2. The molecule has 4 aromatic carbocycles. The lowest BCUT2D eigenvalue weighted by Gasteiger charge is -2.24. The minimum Gasteiger partial charge on any atom is -0.427 e. The van der Waals surface area contributed by atoms with Crippen LogP contribution >= 0.6 is 11.8 Å². The van der Waals surface area contributed by atoms with Crippen molar-refractivity contribution in [3.63, 3.8) is 0 Å². The van der Waals surface area contributed by atoms with Crippen molar-refractivity contribution < 1.29 is 27.5 Å². The van der Waals surface area contributed by atoms with Crippen LogP contribution in [-0.2, 0) is 17.4 Å². The van der Waals surface area contributed by atoms with E-state index in [-0.39, 0.29) is 11.7 Å². The Morgan fingerprint density at radius 2 is 1.45 bits per heavy atom. The number of nitrogens with one attached hydrogen (secondary N) is 1. The number of carbonyl (C=O) groups is 2. The van der Waals surface area contributed by atoms with Crippen molar-refractivity contribution in [2.45, 2.75) is 48.6 Å². The van der Waals surface area contributed by atoms with E-state index in [1.165, 1.54) is 23.9 Å². The summed E-state index contributed by atoms with van der Waals surface area (Å²) in [6, 6.07) is 28.7. The van der Waals surface area contributed by atoms with Gasteiger partial charge in [-0.15, -0.1) is 0 Å². The van der Waals surface area contributed by atoms with E-state index in [9.17, 15) is 22.8 Å². The minimum absolute atomic E-state index is 0.260. The third-order valence-corrected chi connectivity index (χ3v) is 7.31. The number of anilines is 2. The maximum atomic E-state index is 13.3. The average Bonchev–Trinajstić information content (AvgIpc) is 2.97. The molecule has 218 valence electrons. The first kappa shape index (κ1) is 30.7. The molecule has 4 rings (SSSR count). The molecule has 0 fully saturated rings. The van der Waals surface area contributed by atoms with Crippen LogP contribution in [0.15, 0.2) is 113 Å². The van der Waals surface area contributed by atoms with Gasteiger partial charge < -0.3 is 10.1 Å². The van der Waals surface area contributed by atoms with Gasteiger partial charge in [-0.1, -0.05) is 49.0 Å². The Bertz CT molecular complexity index is 1440. The Morgan fingerprint density at radius 3 is 2.05 bits per heavy atom. The van der Waals surface area contributed by atoms with Gasteiger partial charge in [-0.25, -0.2) is 4.79 Å². The lowest BCUT2D eigenvalue weighted by molar-refractivity contribution is -0.137. The summed E-state index contributed by atoms with van der Waals surface area (Å²) in [5, 5.41) is 2.73. The molecule has 0 radical (unpaired) electrons. The number of esters is 1. The van der Waals surface area contributed by atoms with Gasteiger partial charge in [0.25, 0.3) is 0 Å². The van der Waals surface area contributed by atoms with Crippen molar-refractivity contribution in [1.82, 2.24) is 0 Å². The second-order valence-corrected chi connectivity index (χ2v) is 10.7. The molecule has 0 saturated carbocycles. The van der Waals surface area contributed by atoms with Gasteiger partial charge in [-0.05, 0) is 97.6 Å². The van der Waals surface area contributed by atoms with Crippen LogP contribution in [0.5, 0.6) is 5.75 Å². The zero-order valence-corrected chi connectivity index (χ0v) is 23.9. The molecule has 0 aliphatic carbocycles. The van der Waals surface area contributed by atoms with Crippen molar-refractivity contribution in [2.24, 2.45) is 0 Å². The number of nitrogens with zero attached hydrogens (tertiary/aromatic N) is 1. The standard InChI is InChI=1S/C33H31F3N2O3S/c1-2-7-31(39)41-28-17-21-30(22-18-28)42-29-19-15-27(16-20-29)38(23-6-10-24-8-4-3-5-9-24)32(40)37-26-13-11-25(12-14-26)33(34,35)36/h3-5,8-9,11-22H,2,6-7,10,23H2,1H3,(H,37,40).